The normalized spacial score (nSPS) is 29.3. The number of hydrogen-bond donors (Lipinski definition) is 1. The Labute approximate surface area is 190 Å². The third kappa shape index (κ3) is 4.84. The third-order valence-electron chi connectivity index (χ3n) is 7.34. The maximum Gasteiger partial charge on any atom is 0.338 e. The van der Waals surface area contributed by atoms with E-state index in [-0.39, 0.29) is 17.3 Å². The number of carbonyl (C=O) groups is 3. The van der Waals surface area contributed by atoms with Crippen LogP contribution in [0.4, 0.5) is 0 Å². The molecule has 4 aliphatic carbocycles. The first kappa shape index (κ1) is 22.8. The Kier molecular flexibility index (Phi) is 6.08. The van der Waals surface area contributed by atoms with Crippen LogP contribution in [0.1, 0.15) is 75.2 Å². The van der Waals surface area contributed by atoms with E-state index in [9.17, 15) is 14.4 Å². The van der Waals surface area contributed by atoms with Crippen molar-refractivity contribution in [3.05, 3.63) is 35.4 Å². The van der Waals surface area contributed by atoms with Gasteiger partial charge in [0.1, 0.15) is 11.6 Å². The number of esters is 2. The van der Waals surface area contributed by atoms with Crippen LogP contribution in [0.15, 0.2) is 24.3 Å². The van der Waals surface area contributed by atoms with Gasteiger partial charge in [-0.15, -0.1) is 0 Å². The lowest BCUT2D eigenvalue weighted by Gasteiger charge is -2.55. The molecule has 1 aromatic carbocycles. The van der Waals surface area contributed by atoms with E-state index in [1.54, 1.807) is 24.3 Å². The Bertz CT molecular complexity index is 847. The minimum atomic E-state index is -0.743. The molecule has 0 aliphatic heterocycles. The summed E-state index contributed by atoms with van der Waals surface area (Å²) in [4.78, 5) is 38.2. The molecule has 4 bridgehead atoms. The number of ether oxygens (including phenoxy) is 2. The van der Waals surface area contributed by atoms with Crippen molar-refractivity contribution in [2.45, 2.75) is 77.4 Å². The summed E-state index contributed by atoms with van der Waals surface area (Å²) in [5, 5.41) is 3.04. The number of methoxy groups -OCH3 is 1. The highest BCUT2D eigenvalue weighted by Gasteiger charge is 2.55. The highest BCUT2D eigenvalue weighted by atomic mass is 16.6. The summed E-state index contributed by atoms with van der Waals surface area (Å²) in [6, 6.07) is 6.24. The van der Waals surface area contributed by atoms with Gasteiger partial charge in [0.15, 0.2) is 0 Å². The second-order valence-corrected chi connectivity index (χ2v) is 11.2. The van der Waals surface area contributed by atoms with Crippen LogP contribution >= 0.6 is 0 Å². The molecule has 4 saturated carbocycles. The minimum Gasteiger partial charge on any atom is -0.467 e. The molecule has 4 aliphatic rings. The number of rotatable bonds is 6. The summed E-state index contributed by atoms with van der Waals surface area (Å²) < 4.78 is 10.4. The quantitative estimate of drug-likeness (QED) is 0.674. The van der Waals surface area contributed by atoms with E-state index in [4.69, 9.17) is 9.47 Å². The molecule has 1 amide bonds. The lowest BCUT2D eigenvalue weighted by Crippen LogP contribution is -2.56. The van der Waals surface area contributed by atoms with Gasteiger partial charge in [-0.25, -0.2) is 9.59 Å². The molecule has 174 valence electrons. The monoisotopic (exact) mass is 441 g/mol. The molecule has 1 aromatic rings. The number of benzene rings is 1. The average Bonchev–Trinajstić information content (AvgIpc) is 2.71. The Morgan fingerprint density at radius 1 is 1.00 bits per heavy atom. The molecule has 1 atom stereocenters. The van der Waals surface area contributed by atoms with E-state index in [2.05, 4.69) is 5.32 Å². The second-order valence-electron chi connectivity index (χ2n) is 11.2. The highest BCUT2D eigenvalue weighted by molar-refractivity contribution is 5.90. The van der Waals surface area contributed by atoms with Crippen LogP contribution in [0.25, 0.3) is 0 Å². The van der Waals surface area contributed by atoms with Crippen LogP contribution in [0.3, 0.4) is 0 Å². The van der Waals surface area contributed by atoms with Crippen molar-refractivity contribution in [3.63, 3.8) is 0 Å². The van der Waals surface area contributed by atoms with Crippen LogP contribution < -0.4 is 5.32 Å². The van der Waals surface area contributed by atoms with E-state index >= 15 is 0 Å². The van der Waals surface area contributed by atoms with Gasteiger partial charge in [-0.3, -0.25) is 4.79 Å². The fraction of sp³-hybridized carbons (Fsp3) is 0.654. The molecule has 0 aromatic heterocycles. The summed E-state index contributed by atoms with van der Waals surface area (Å²) in [6.07, 6.45) is 6.94. The number of amides is 1. The molecule has 0 radical (unpaired) electrons. The molecule has 6 nitrogen and oxygen atoms in total. The summed E-state index contributed by atoms with van der Waals surface area (Å²) >= 11 is 0. The van der Waals surface area contributed by atoms with E-state index in [0.29, 0.717) is 29.7 Å². The predicted octanol–water partition coefficient (Wildman–Crippen LogP) is 4.06. The van der Waals surface area contributed by atoms with Gasteiger partial charge < -0.3 is 14.8 Å². The van der Waals surface area contributed by atoms with Gasteiger partial charge in [-0.1, -0.05) is 12.1 Å². The molecule has 0 spiro atoms. The summed E-state index contributed by atoms with van der Waals surface area (Å²) in [5.41, 5.74) is 0.420. The van der Waals surface area contributed by atoms with E-state index in [1.807, 2.05) is 20.8 Å². The summed E-state index contributed by atoms with van der Waals surface area (Å²) in [5.74, 6) is 1.15. The lowest BCUT2D eigenvalue weighted by molar-refractivity contribution is -0.152. The largest absolute Gasteiger partial charge is 0.467 e. The van der Waals surface area contributed by atoms with E-state index < -0.39 is 17.6 Å². The molecule has 0 unspecified atom stereocenters. The Morgan fingerprint density at radius 3 is 2.00 bits per heavy atom. The molecule has 6 heteroatoms. The maximum absolute atomic E-state index is 13.4. The van der Waals surface area contributed by atoms with Crippen LogP contribution in [0.5, 0.6) is 0 Å². The third-order valence-corrected chi connectivity index (χ3v) is 7.34. The van der Waals surface area contributed by atoms with Gasteiger partial charge in [0.25, 0.3) is 0 Å². The molecule has 0 saturated heterocycles. The van der Waals surface area contributed by atoms with E-state index in [0.717, 1.165) is 24.8 Å². The fourth-order valence-corrected chi connectivity index (χ4v) is 6.39. The molecule has 5 rings (SSSR count). The van der Waals surface area contributed by atoms with Crippen molar-refractivity contribution < 1.29 is 23.9 Å². The van der Waals surface area contributed by atoms with Crippen LogP contribution in [-0.2, 0) is 25.5 Å². The Morgan fingerprint density at radius 2 is 1.53 bits per heavy atom. The van der Waals surface area contributed by atoms with Crippen LogP contribution in [0, 0.1) is 23.2 Å². The van der Waals surface area contributed by atoms with Gasteiger partial charge >= 0.3 is 11.9 Å². The second kappa shape index (κ2) is 8.53. The average molecular weight is 442 g/mol. The Hall–Kier alpha value is -2.37. The Balaban J connectivity index is 1.44. The zero-order valence-corrected chi connectivity index (χ0v) is 19.6. The van der Waals surface area contributed by atoms with Crippen LogP contribution in [-0.4, -0.2) is 36.6 Å². The molecular formula is C26H35NO5. The minimum absolute atomic E-state index is 0.0115. The van der Waals surface area contributed by atoms with Crippen molar-refractivity contribution in [1.82, 2.24) is 5.32 Å². The highest BCUT2D eigenvalue weighted by Crippen LogP contribution is 2.60. The van der Waals surface area contributed by atoms with Gasteiger partial charge in [0, 0.05) is 11.8 Å². The SMILES string of the molecule is COC(=O)[C@@H](Cc1ccc(C(=O)OC(C)(C)C)cc1)NC(=O)C12CC3CC(CC(C3)C1)C2. The maximum atomic E-state index is 13.4. The molecular weight excluding hydrogens is 406 g/mol. The topological polar surface area (TPSA) is 81.7 Å². The zero-order chi connectivity index (χ0) is 23.1. The van der Waals surface area contributed by atoms with Gasteiger partial charge in [0.05, 0.1) is 12.7 Å². The molecule has 4 fully saturated rings. The smallest absolute Gasteiger partial charge is 0.338 e. The number of carbonyl (C=O) groups excluding carboxylic acids is 3. The van der Waals surface area contributed by atoms with E-state index in [1.165, 1.54) is 26.4 Å². The zero-order valence-electron chi connectivity index (χ0n) is 19.6. The predicted molar refractivity (Wildman–Crippen MR) is 120 cm³/mol. The lowest BCUT2D eigenvalue weighted by atomic mass is 9.49. The van der Waals surface area contributed by atoms with Crippen molar-refractivity contribution in [2.24, 2.45) is 23.2 Å². The molecule has 32 heavy (non-hydrogen) atoms. The summed E-state index contributed by atoms with van der Waals surface area (Å²) in [7, 11) is 1.35. The molecule has 1 N–H and O–H groups in total. The first-order valence-electron chi connectivity index (χ1n) is 11.8. The molecule has 0 heterocycles. The standard InChI is InChI=1S/C26H35NO5/c1-25(2,3)32-22(28)20-7-5-16(6-8-20)12-21(23(29)31-4)27-24(30)26-13-17-9-18(14-26)11-19(10-17)15-26/h5-8,17-19,21H,9-15H2,1-4H3,(H,27,30)/t17?,18?,19?,21-,26?/m1/s1. The van der Waals surface area contributed by atoms with Crippen molar-refractivity contribution >= 4 is 17.8 Å². The first-order valence-corrected chi connectivity index (χ1v) is 11.8. The summed E-state index contributed by atoms with van der Waals surface area (Å²) in [6.45, 7) is 5.48. The van der Waals surface area contributed by atoms with Crippen LogP contribution in [0.2, 0.25) is 0 Å². The fourth-order valence-electron chi connectivity index (χ4n) is 6.39. The van der Waals surface area contributed by atoms with Gasteiger partial charge in [-0.05, 0) is 94.7 Å². The van der Waals surface area contributed by atoms with Crippen molar-refractivity contribution in [2.75, 3.05) is 7.11 Å². The first-order chi connectivity index (χ1) is 15.1. The van der Waals surface area contributed by atoms with Crippen molar-refractivity contribution in [3.8, 4) is 0 Å². The number of hydrogen-bond acceptors (Lipinski definition) is 5. The van der Waals surface area contributed by atoms with Crippen molar-refractivity contribution in [1.29, 1.82) is 0 Å². The number of nitrogens with one attached hydrogen (secondary N) is 1. The van der Waals surface area contributed by atoms with Gasteiger partial charge in [-0.2, -0.15) is 0 Å². The van der Waals surface area contributed by atoms with Gasteiger partial charge in [0.2, 0.25) is 5.91 Å².